The molecule has 0 amide bonds. The van der Waals surface area contributed by atoms with E-state index in [0.717, 1.165) is 6.07 Å². The Labute approximate surface area is 112 Å². The largest absolute Gasteiger partial charge is 0.419 e. The first-order valence-corrected chi connectivity index (χ1v) is 6.28. The standard InChI is InChI=1S/C11H14BrF3N2O/c1-2-8(3-4-18)17-10-9(11(13,14)15)5-7(12)6-16-10/h5-6,8,18H,2-4H2,1H3,(H,16,17). The van der Waals surface area contributed by atoms with Crippen molar-refractivity contribution >= 4 is 21.7 Å². The Morgan fingerprint density at radius 3 is 2.67 bits per heavy atom. The van der Waals surface area contributed by atoms with Gasteiger partial charge in [-0.05, 0) is 34.8 Å². The molecule has 0 fully saturated rings. The molecule has 7 heteroatoms. The first-order chi connectivity index (χ1) is 8.38. The zero-order valence-corrected chi connectivity index (χ0v) is 11.3. The Morgan fingerprint density at radius 2 is 2.17 bits per heavy atom. The SMILES string of the molecule is CCC(CCO)Nc1ncc(Br)cc1C(F)(F)F. The number of hydrogen-bond donors (Lipinski definition) is 2. The van der Waals surface area contributed by atoms with Gasteiger partial charge in [0.15, 0.2) is 0 Å². The molecule has 0 saturated heterocycles. The van der Waals surface area contributed by atoms with Crippen molar-refractivity contribution in [2.75, 3.05) is 11.9 Å². The number of rotatable bonds is 5. The smallest absolute Gasteiger partial charge is 0.396 e. The van der Waals surface area contributed by atoms with E-state index in [4.69, 9.17) is 5.11 Å². The first-order valence-electron chi connectivity index (χ1n) is 5.48. The van der Waals surface area contributed by atoms with Crippen LogP contribution in [0.4, 0.5) is 19.0 Å². The highest BCUT2D eigenvalue weighted by Gasteiger charge is 2.35. The average molecular weight is 327 g/mol. The summed E-state index contributed by atoms with van der Waals surface area (Å²) in [6, 6.07) is 0.755. The number of aromatic nitrogens is 1. The topological polar surface area (TPSA) is 45.1 Å². The predicted molar refractivity (Wildman–Crippen MR) is 66.3 cm³/mol. The molecule has 1 atom stereocenters. The van der Waals surface area contributed by atoms with Crippen molar-refractivity contribution in [1.29, 1.82) is 0 Å². The second-order valence-corrected chi connectivity index (χ2v) is 4.72. The number of halogens is 4. The number of alkyl halides is 3. The fraction of sp³-hybridized carbons (Fsp3) is 0.545. The molecular weight excluding hydrogens is 313 g/mol. The number of aliphatic hydroxyl groups is 1. The van der Waals surface area contributed by atoms with Gasteiger partial charge in [0.25, 0.3) is 0 Å². The van der Waals surface area contributed by atoms with Crippen molar-refractivity contribution < 1.29 is 18.3 Å². The van der Waals surface area contributed by atoms with E-state index in [0.29, 0.717) is 12.8 Å². The van der Waals surface area contributed by atoms with Crippen molar-refractivity contribution in [3.05, 3.63) is 22.3 Å². The van der Waals surface area contributed by atoms with Crippen molar-refractivity contribution in [3.63, 3.8) is 0 Å². The lowest BCUT2D eigenvalue weighted by Gasteiger charge is -2.19. The molecule has 0 spiro atoms. The van der Waals surface area contributed by atoms with E-state index in [2.05, 4.69) is 26.2 Å². The van der Waals surface area contributed by atoms with Gasteiger partial charge < -0.3 is 10.4 Å². The van der Waals surface area contributed by atoms with E-state index in [1.54, 1.807) is 0 Å². The zero-order chi connectivity index (χ0) is 13.8. The van der Waals surface area contributed by atoms with Crippen LogP contribution >= 0.6 is 15.9 Å². The van der Waals surface area contributed by atoms with E-state index in [1.807, 2.05) is 6.92 Å². The molecule has 0 radical (unpaired) electrons. The Bertz CT molecular complexity index is 398. The van der Waals surface area contributed by atoms with Crippen LogP contribution in [0.1, 0.15) is 25.3 Å². The lowest BCUT2D eigenvalue weighted by Crippen LogP contribution is -2.23. The van der Waals surface area contributed by atoms with Gasteiger partial charge in [-0.15, -0.1) is 0 Å². The van der Waals surface area contributed by atoms with E-state index in [-0.39, 0.29) is 22.9 Å². The molecule has 2 N–H and O–H groups in total. The minimum atomic E-state index is -4.46. The quantitative estimate of drug-likeness (QED) is 0.871. The van der Waals surface area contributed by atoms with Gasteiger partial charge in [0, 0.05) is 23.3 Å². The number of hydrogen-bond acceptors (Lipinski definition) is 3. The molecular formula is C11H14BrF3N2O. The van der Waals surface area contributed by atoms with Crippen LogP contribution in [-0.4, -0.2) is 22.7 Å². The molecule has 0 aromatic carbocycles. The molecule has 0 aliphatic heterocycles. The van der Waals surface area contributed by atoms with Gasteiger partial charge in [0.05, 0.1) is 5.56 Å². The maximum Gasteiger partial charge on any atom is 0.419 e. The lowest BCUT2D eigenvalue weighted by molar-refractivity contribution is -0.137. The molecule has 0 aliphatic carbocycles. The summed E-state index contributed by atoms with van der Waals surface area (Å²) in [7, 11) is 0. The maximum atomic E-state index is 12.8. The van der Waals surface area contributed by atoms with E-state index in [1.165, 1.54) is 6.20 Å². The minimum Gasteiger partial charge on any atom is -0.396 e. The number of pyridine rings is 1. The second kappa shape index (κ2) is 6.38. The fourth-order valence-electron chi connectivity index (χ4n) is 1.50. The number of aliphatic hydroxyl groups excluding tert-OH is 1. The number of nitrogens with one attached hydrogen (secondary N) is 1. The van der Waals surface area contributed by atoms with Crippen LogP contribution in [-0.2, 0) is 6.18 Å². The summed E-state index contributed by atoms with van der Waals surface area (Å²) in [4.78, 5) is 3.76. The highest BCUT2D eigenvalue weighted by molar-refractivity contribution is 9.10. The summed E-state index contributed by atoms with van der Waals surface area (Å²) in [5, 5.41) is 11.5. The van der Waals surface area contributed by atoms with Crippen LogP contribution in [0.25, 0.3) is 0 Å². The Balaban J connectivity index is 3.01. The third-order valence-corrected chi connectivity index (χ3v) is 2.90. The van der Waals surface area contributed by atoms with Gasteiger partial charge in [-0.25, -0.2) is 4.98 Å². The van der Waals surface area contributed by atoms with Crippen molar-refractivity contribution in [3.8, 4) is 0 Å². The molecule has 0 aliphatic rings. The molecule has 1 heterocycles. The van der Waals surface area contributed by atoms with Gasteiger partial charge in [-0.3, -0.25) is 0 Å². The van der Waals surface area contributed by atoms with Gasteiger partial charge in [0.1, 0.15) is 5.82 Å². The molecule has 1 rings (SSSR count). The van der Waals surface area contributed by atoms with Crippen molar-refractivity contribution in [1.82, 2.24) is 4.98 Å². The van der Waals surface area contributed by atoms with Crippen LogP contribution in [0.5, 0.6) is 0 Å². The Morgan fingerprint density at radius 1 is 1.50 bits per heavy atom. The number of anilines is 1. The van der Waals surface area contributed by atoms with Crippen LogP contribution < -0.4 is 5.32 Å². The van der Waals surface area contributed by atoms with E-state index >= 15 is 0 Å². The third kappa shape index (κ3) is 4.13. The van der Waals surface area contributed by atoms with Crippen molar-refractivity contribution in [2.24, 2.45) is 0 Å². The predicted octanol–water partition coefficient (Wildman–Crippen LogP) is 3.44. The summed E-state index contributed by atoms with van der Waals surface area (Å²) in [6.07, 6.45) is -2.17. The average Bonchev–Trinajstić information content (AvgIpc) is 2.29. The lowest BCUT2D eigenvalue weighted by atomic mass is 10.1. The molecule has 1 unspecified atom stereocenters. The van der Waals surface area contributed by atoms with E-state index < -0.39 is 11.7 Å². The summed E-state index contributed by atoms with van der Waals surface area (Å²) in [5.41, 5.74) is -0.812. The molecule has 102 valence electrons. The summed E-state index contributed by atoms with van der Waals surface area (Å²) < 4.78 is 38.7. The van der Waals surface area contributed by atoms with Crippen LogP contribution in [0.15, 0.2) is 16.7 Å². The number of nitrogens with zero attached hydrogens (tertiary/aromatic N) is 1. The highest BCUT2D eigenvalue weighted by Crippen LogP contribution is 2.35. The summed E-state index contributed by atoms with van der Waals surface area (Å²) in [5.74, 6) is -0.203. The molecule has 0 bridgehead atoms. The minimum absolute atomic E-state index is 0.0800. The third-order valence-electron chi connectivity index (χ3n) is 2.47. The Kier molecular flexibility index (Phi) is 5.40. The normalized spacial score (nSPS) is 13.4. The molecule has 3 nitrogen and oxygen atoms in total. The molecule has 18 heavy (non-hydrogen) atoms. The van der Waals surface area contributed by atoms with Gasteiger partial charge in [0.2, 0.25) is 0 Å². The summed E-state index contributed by atoms with van der Waals surface area (Å²) >= 11 is 2.97. The molecule has 0 saturated carbocycles. The van der Waals surface area contributed by atoms with Gasteiger partial charge >= 0.3 is 6.18 Å². The second-order valence-electron chi connectivity index (χ2n) is 3.81. The first kappa shape index (κ1) is 15.2. The van der Waals surface area contributed by atoms with Crippen LogP contribution in [0.3, 0.4) is 0 Å². The zero-order valence-electron chi connectivity index (χ0n) is 9.76. The molecule has 1 aromatic rings. The van der Waals surface area contributed by atoms with Crippen LogP contribution in [0.2, 0.25) is 0 Å². The van der Waals surface area contributed by atoms with Gasteiger partial charge in [-0.1, -0.05) is 6.92 Å². The summed E-state index contributed by atoms with van der Waals surface area (Å²) in [6.45, 7) is 1.75. The monoisotopic (exact) mass is 326 g/mol. The van der Waals surface area contributed by atoms with Gasteiger partial charge in [-0.2, -0.15) is 13.2 Å². The Hall–Kier alpha value is -0.820. The highest BCUT2D eigenvalue weighted by atomic mass is 79.9. The van der Waals surface area contributed by atoms with Crippen molar-refractivity contribution in [2.45, 2.75) is 32.0 Å². The van der Waals surface area contributed by atoms with E-state index in [9.17, 15) is 13.2 Å². The fourth-order valence-corrected chi connectivity index (χ4v) is 1.83. The van der Waals surface area contributed by atoms with Crippen LogP contribution in [0, 0.1) is 0 Å². The maximum absolute atomic E-state index is 12.8. The molecule has 1 aromatic heterocycles.